The van der Waals surface area contributed by atoms with Crippen LogP contribution in [0.2, 0.25) is 5.02 Å². The standard InChI is InChI=1S/C41H42ClN5O6/c1-26-30(5-4-6-33(26)29-8-9-37-35(17-29)45-40(53-37)11-14-46-13-10-32(48)23-46)25-52-39-18-38(51-24-28-15-27(19-43)20-44-21-28)31(16-34(39)42)22-47-12-3-2-7-36(47)41(49)50/h4-6,8-9,15-18,20-21,32,36,48H,2-3,7,10-14,22-25H2,1H3,(H,49,50)/t32-,36?/m1/s1. The van der Waals surface area contributed by atoms with Crippen LogP contribution in [-0.4, -0.2) is 74.3 Å². The van der Waals surface area contributed by atoms with Crippen LogP contribution < -0.4 is 9.47 Å². The number of hydrogen-bond donors (Lipinski definition) is 2. The van der Waals surface area contributed by atoms with Gasteiger partial charge in [-0.05, 0) is 79.3 Å². The summed E-state index contributed by atoms with van der Waals surface area (Å²) in [6.45, 7) is 5.87. The molecule has 2 saturated heterocycles. The topological polar surface area (TPSA) is 145 Å². The lowest BCUT2D eigenvalue weighted by atomic mass is 9.96. The number of aliphatic carboxylic acids is 1. The summed E-state index contributed by atoms with van der Waals surface area (Å²) >= 11 is 6.84. The Morgan fingerprint density at radius 1 is 1.04 bits per heavy atom. The van der Waals surface area contributed by atoms with Crippen molar-refractivity contribution in [3.8, 4) is 28.7 Å². The van der Waals surface area contributed by atoms with Crippen molar-refractivity contribution in [3.05, 3.63) is 106 Å². The second-order valence-corrected chi connectivity index (χ2v) is 14.3. The highest BCUT2D eigenvalue weighted by Gasteiger charge is 2.29. The maximum Gasteiger partial charge on any atom is 0.320 e. The van der Waals surface area contributed by atoms with Gasteiger partial charge in [-0.15, -0.1) is 0 Å². The molecule has 0 saturated carbocycles. The quantitative estimate of drug-likeness (QED) is 0.130. The van der Waals surface area contributed by atoms with Gasteiger partial charge in [0.1, 0.15) is 42.3 Å². The Morgan fingerprint density at radius 2 is 1.91 bits per heavy atom. The number of aliphatic hydroxyl groups excluding tert-OH is 1. The van der Waals surface area contributed by atoms with Gasteiger partial charge in [-0.3, -0.25) is 14.7 Å². The SMILES string of the molecule is Cc1c(COc2cc(OCc3cncc(C#N)c3)c(CN3CCCCC3C(=O)O)cc2Cl)cccc1-c1ccc2oc(CCN3CC[C@@H](O)C3)nc2c1. The number of aromatic nitrogens is 2. The van der Waals surface area contributed by atoms with Gasteiger partial charge < -0.3 is 29.0 Å². The van der Waals surface area contributed by atoms with E-state index < -0.39 is 12.0 Å². The minimum atomic E-state index is -0.837. The van der Waals surface area contributed by atoms with E-state index in [-0.39, 0.29) is 19.3 Å². The van der Waals surface area contributed by atoms with Crippen LogP contribution in [-0.2, 0) is 31.0 Å². The number of hydrogen-bond acceptors (Lipinski definition) is 10. The fraction of sp³-hybridized carbons (Fsp3) is 0.366. The number of nitrogens with zero attached hydrogens (tertiary/aromatic N) is 5. The number of aliphatic hydroxyl groups is 1. The lowest BCUT2D eigenvalue weighted by molar-refractivity contribution is -0.144. The van der Waals surface area contributed by atoms with Gasteiger partial charge in [0.2, 0.25) is 0 Å². The molecular formula is C41H42ClN5O6. The van der Waals surface area contributed by atoms with E-state index in [2.05, 4.69) is 28.9 Å². The number of carbonyl (C=O) groups is 1. The fourth-order valence-corrected chi connectivity index (χ4v) is 7.48. The maximum absolute atomic E-state index is 12.1. The van der Waals surface area contributed by atoms with E-state index in [4.69, 9.17) is 30.5 Å². The Hall–Kier alpha value is -4.99. The zero-order valence-corrected chi connectivity index (χ0v) is 30.4. The molecular weight excluding hydrogens is 694 g/mol. The average molecular weight is 736 g/mol. The molecule has 2 fully saturated rings. The monoisotopic (exact) mass is 735 g/mol. The number of ether oxygens (including phenoxy) is 2. The molecule has 0 aliphatic carbocycles. The van der Waals surface area contributed by atoms with Crippen LogP contribution in [0.15, 0.2) is 71.4 Å². The number of nitriles is 1. The Kier molecular flexibility index (Phi) is 11.2. The lowest BCUT2D eigenvalue weighted by Gasteiger charge is -2.33. The van der Waals surface area contributed by atoms with Gasteiger partial charge in [0.15, 0.2) is 11.5 Å². The molecule has 1 unspecified atom stereocenters. The number of piperidine rings is 1. The first-order chi connectivity index (χ1) is 25.7. The van der Waals surface area contributed by atoms with Crippen LogP contribution in [0.1, 0.15) is 59.4 Å². The van der Waals surface area contributed by atoms with Crippen LogP contribution in [0, 0.1) is 18.3 Å². The van der Waals surface area contributed by atoms with Crippen molar-refractivity contribution in [2.75, 3.05) is 26.2 Å². The summed E-state index contributed by atoms with van der Waals surface area (Å²) in [5.74, 6) is 0.808. The van der Waals surface area contributed by atoms with Crippen LogP contribution in [0.5, 0.6) is 11.5 Å². The summed E-state index contributed by atoms with van der Waals surface area (Å²) in [7, 11) is 0. The highest BCUT2D eigenvalue weighted by Crippen LogP contribution is 2.37. The van der Waals surface area contributed by atoms with Crippen molar-refractivity contribution in [1.82, 2.24) is 19.8 Å². The van der Waals surface area contributed by atoms with E-state index in [0.29, 0.717) is 60.5 Å². The molecule has 2 N–H and O–H groups in total. The van der Waals surface area contributed by atoms with E-state index in [1.807, 2.05) is 35.2 Å². The number of carboxylic acids is 1. The van der Waals surface area contributed by atoms with Crippen molar-refractivity contribution in [2.45, 2.75) is 70.9 Å². The number of halogens is 1. The molecule has 3 aromatic carbocycles. The molecule has 2 aliphatic rings. The van der Waals surface area contributed by atoms with Crippen LogP contribution in [0.3, 0.4) is 0 Å². The number of β-amino-alcohol motifs (C(OH)–C–C–N with tert-alkyl or cyclic N) is 1. The molecule has 5 aromatic rings. The van der Waals surface area contributed by atoms with Crippen LogP contribution >= 0.6 is 11.6 Å². The molecule has 12 heteroatoms. The summed E-state index contributed by atoms with van der Waals surface area (Å²) in [5.41, 5.74) is 7.56. The van der Waals surface area contributed by atoms with E-state index in [9.17, 15) is 20.3 Å². The van der Waals surface area contributed by atoms with Crippen molar-refractivity contribution >= 4 is 28.7 Å². The third-order valence-corrected chi connectivity index (χ3v) is 10.5. The Labute approximate surface area is 313 Å². The molecule has 2 atom stereocenters. The molecule has 53 heavy (non-hydrogen) atoms. The number of benzene rings is 3. The zero-order valence-electron chi connectivity index (χ0n) is 29.6. The number of fused-ring (bicyclic) bond motifs is 1. The normalized spacial score (nSPS) is 17.9. The molecule has 0 bridgehead atoms. The lowest BCUT2D eigenvalue weighted by Crippen LogP contribution is -2.44. The van der Waals surface area contributed by atoms with E-state index in [1.165, 1.54) is 6.20 Å². The van der Waals surface area contributed by atoms with Gasteiger partial charge >= 0.3 is 5.97 Å². The molecule has 4 heterocycles. The fourth-order valence-electron chi connectivity index (χ4n) is 7.24. The Morgan fingerprint density at radius 3 is 2.72 bits per heavy atom. The Bertz CT molecular complexity index is 2150. The second kappa shape index (κ2) is 16.4. The van der Waals surface area contributed by atoms with Crippen LogP contribution in [0.4, 0.5) is 0 Å². The van der Waals surface area contributed by atoms with E-state index >= 15 is 0 Å². The summed E-state index contributed by atoms with van der Waals surface area (Å²) in [6.07, 6.45) is 6.77. The second-order valence-electron chi connectivity index (χ2n) is 13.9. The predicted octanol–water partition coefficient (Wildman–Crippen LogP) is 6.93. The number of oxazole rings is 1. The van der Waals surface area contributed by atoms with Gasteiger partial charge in [0.05, 0.1) is 16.7 Å². The third-order valence-electron chi connectivity index (χ3n) is 10.2. The highest BCUT2D eigenvalue weighted by atomic mass is 35.5. The maximum atomic E-state index is 12.1. The minimum Gasteiger partial charge on any atom is -0.488 e. The van der Waals surface area contributed by atoms with Crippen molar-refractivity contribution < 1.29 is 28.9 Å². The summed E-state index contributed by atoms with van der Waals surface area (Å²) < 4.78 is 18.7. The van der Waals surface area contributed by atoms with E-state index in [0.717, 1.165) is 76.8 Å². The van der Waals surface area contributed by atoms with Gasteiger partial charge in [-0.25, -0.2) is 4.98 Å². The summed E-state index contributed by atoms with van der Waals surface area (Å²) in [4.78, 5) is 25.2. The minimum absolute atomic E-state index is 0.153. The van der Waals surface area contributed by atoms with Gasteiger partial charge in [-0.2, -0.15) is 5.26 Å². The third kappa shape index (κ3) is 8.64. The first-order valence-corrected chi connectivity index (χ1v) is 18.4. The number of rotatable bonds is 13. The first-order valence-electron chi connectivity index (χ1n) is 18.0. The molecule has 2 aromatic heterocycles. The summed E-state index contributed by atoms with van der Waals surface area (Å²) in [5, 5.41) is 29.5. The molecule has 0 radical (unpaired) electrons. The molecule has 0 amide bonds. The summed E-state index contributed by atoms with van der Waals surface area (Å²) in [6, 6.07) is 19.0. The Balaban J connectivity index is 1.09. The average Bonchev–Trinajstić information content (AvgIpc) is 3.78. The van der Waals surface area contributed by atoms with Crippen molar-refractivity contribution in [1.29, 1.82) is 5.26 Å². The molecule has 2 aliphatic heterocycles. The molecule has 0 spiro atoms. The predicted molar refractivity (Wildman–Crippen MR) is 200 cm³/mol. The molecule has 274 valence electrons. The van der Waals surface area contributed by atoms with Crippen molar-refractivity contribution in [2.24, 2.45) is 0 Å². The van der Waals surface area contributed by atoms with Crippen LogP contribution in [0.25, 0.3) is 22.2 Å². The van der Waals surface area contributed by atoms with Gasteiger partial charge in [0, 0.05) is 62.2 Å². The smallest absolute Gasteiger partial charge is 0.320 e. The molecule has 7 rings (SSSR count). The number of carboxylic acid groups (broad SMARTS) is 1. The molecule has 11 nitrogen and oxygen atoms in total. The van der Waals surface area contributed by atoms with Crippen molar-refractivity contribution in [3.63, 3.8) is 0 Å². The first kappa shape index (κ1) is 36.4. The zero-order chi connectivity index (χ0) is 36.9. The largest absolute Gasteiger partial charge is 0.488 e. The van der Waals surface area contributed by atoms with Gasteiger partial charge in [0.25, 0.3) is 0 Å². The van der Waals surface area contributed by atoms with Gasteiger partial charge in [-0.1, -0.05) is 42.3 Å². The highest BCUT2D eigenvalue weighted by molar-refractivity contribution is 6.32. The van der Waals surface area contributed by atoms with E-state index in [1.54, 1.807) is 24.4 Å². The number of pyridine rings is 1. The number of likely N-dealkylation sites (tertiary alicyclic amines) is 2.